The molecule has 1 aromatic carbocycles. The van der Waals surface area contributed by atoms with Crippen molar-refractivity contribution in [3.63, 3.8) is 0 Å². The zero-order chi connectivity index (χ0) is 14.5. The molecule has 110 valence electrons. The fourth-order valence-electron chi connectivity index (χ4n) is 2.45. The van der Waals surface area contributed by atoms with Crippen LogP contribution in [0.1, 0.15) is 30.1 Å². The number of nitrogen functional groups attached to an aromatic ring is 1. The van der Waals surface area contributed by atoms with E-state index in [9.17, 15) is 9.18 Å². The van der Waals surface area contributed by atoms with E-state index >= 15 is 0 Å². The molecule has 1 fully saturated rings. The second-order valence-electron chi connectivity index (χ2n) is 5.51. The number of anilines is 1. The van der Waals surface area contributed by atoms with Crippen LogP contribution in [-0.2, 0) is 0 Å². The van der Waals surface area contributed by atoms with Gasteiger partial charge in [0.05, 0.1) is 5.56 Å². The number of halogens is 1. The molecule has 0 atom stereocenters. The van der Waals surface area contributed by atoms with E-state index in [0.29, 0.717) is 12.1 Å². The van der Waals surface area contributed by atoms with E-state index < -0.39 is 5.82 Å². The van der Waals surface area contributed by atoms with Crippen LogP contribution in [0.3, 0.4) is 0 Å². The van der Waals surface area contributed by atoms with Gasteiger partial charge in [-0.25, -0.2) is 4.39 Å². The van der Waals surface area contributed by atoms with Gasteiger partial charge in [0.1, 0.15) is 5.82 Å². The van der Waals surface area contributed by atoms with Gasteiger partial charge >= 0.3 is 0 Å². The smallest absolute Gasteiger partial charge is 0.253 e. The third-order valence-corrected chi connectivity index (χ3v) is 3.85. The van der Waals surface area contributed by atoms with Crippen LogP contribution in [0, 0.1) is 11.7 Å². The molecule has 0 aliphatic carbocycles. The van der Waals surface area contributed by atoms with Gasteiger partial charge in [0, 0.05) is 18.8 Å². The van der Waals surface area contributed by atoms with Crippen LogP contribution in [0.25, 0.3) is 0 Å². The molecular weight excluding hydrogens is 257 g/mol. The fourth-order valence-corrected chi connectivity index (χ4v) is 2.45. The van der Waals surface area contributed by atoms with Crippen LogP contribution in [0.5, 0.6) is 0 Å². The maximum Gasteiger partial charge on any atom is 0.253 e. The first kappa shape index (κ1) is 14.8. The van der Waals surface area contributed by atoms with Crippen LogP contribution < -0.4 is 11.1 Å². The summed E-state index contributed by atoms with van der Waals surface area (Å²) < 4.78 is 12.9. The largest absolute Gasteiger partial charge is 0.398 e. The zero-order valence-corrected chi connectivity index (χ0v) is 11.9. The van der Waals surface area contributed by atoms with Crippen molar-refractivity contribution in [1.82, 2.24) is 10.2 Å². The highest BCUT2D eigenvalue weighted by atomic mass is 19.1. The number of piperidine rings is 1. The molecular formula is C15H22FN3O. The normalized spacial score (nSPS) is 17.1. The second kappa shape index (κ2) is 6.70. The van der Waals surface area contributed by atoms with Gasteiger partial charge in [-0.2, -0.15) is 0 Å². The molecule has 4 nitrogen and oxygen atoms in total. The molecule has 0 saturated carbocycles. The lowest BCUT2D eigenvalue weighted by atomic mass is 9.99. The third-order valence-electron chi connectivity index (χ3n) is 3.85. The zero-order valence-electron chi connectivity index (χ0n) is 11.9. The predicted octanol–water partition coefficient (Wildman–Crippen LogP) is 1.87. The number of carbonyl (C=O) groups is 1. The summed E-state index contributed by atoms with van der Waals surface area (Å²) in [6.07, 6.45) is 2.44. The highest BCUT2D eigenvalue weighted by Crippen LogP contribution is 2.15. The van der Waals surface area contributed by atoms with Crippen LogP contribution in [0.4, 0.5) is 10.1 Å². The molecule has 1 amide bonds. The first-order valence-corrected chi connectivity index (χ1v) is 7.12. The van der Waals surface area contributed by atoms with E-state index in [1.54, 1.807) is 0 Å². The van der Waals surface area contributed by atoms with Gasteiger partial charge in [-0.05, 0) is 50.0 Å². The lowest BCUT2D eigenvalue weighted by Crippen LogP contribution is -2.39. The molecule has 0 spiro atoms. The van der Waals surface area contributed by atoms with Gasteiger partial charge in [0.2, 0.25) is 0 Å². The first-order valence-electron chi connectivity index (χ1n) is 7.12. The molecule has 1 aliphatic rings. The highest BCUT2D eigenvalue weighted by Gasteiger charge is 2.15. The second-order valence-corrected chi connectivity index (χ2v) is 5.51. The molecule has 1 aliphatic heterocycles. The topological polar surface area (TPSA) is 58.4 Å². The van der Waals surface area contributed by atoms with Crippen LogP contribution >= 0.6 is 0 Å². The molecule has 0 aromatic heterocycles. The quantitative estimate of drug-likeness (QED) is 0.827. The number of carbonyl (C=O) groups excluding carboxylic acids is 1. The average Bonchev–Trinajstić information content (AvgIpc) is 2.41. The Kier molecular flexibility index (Phi) is 4.95. The Bertz CT molecular complexity index is 470. The SMILES string of the molecule is CC1CCN(CCNC(=O)c2ccc(F)cc2N)CC1. The number of nitrogens with two attached hydrogens (primary N) is 1. The molecule has 3 N–H and O–H groups in total. The van der Waals surface area contributed by atoms with Gasteiger partial charge < -0.3 is 16.0 Å². The van der Waals surface area contributed by atoms with E-state index in [0.717, 1.165) is 25.6 Å². The Morgan fingerprint density at radius 2 is 2.15 bits per heavy atom. The Morgan fingerprint density at radius 3 is 2.80 bits per heavy atom. The van der Waals surface area contributed by atoms with Gasteiger partial charge in [0.15, 0.2) is 0 Å². The van der Waals surface area contributed by atoms with Gasteiger partial charge in [-0.3, -0.25) is 4.79 Å². The van der Waals surface area contributed by atoms with E-state index in [1.165, 1.54) is 31.0 Å². The Morgan fingerprint density at radius 1 is 1.45 bits per heavy atom. The van der Waals surface area contributed by atoms with Crippen LogP contribution in [-0.4, -0.2) is 37.0 Å². The number of likely N-dealkylation sites (tertiary alicyclic amines) is 1. The van der Waals surface area contributed by atoms with Gasteiger partial charge in [-0.1, -0.05) is 6.92 Å². The molecule has 1 saturated heterocycles. The third kappa shape index (κ3) is 3.93. The summed E-state index contributed by atoms with van der Waals surface area (Å²) in [7, 11) is 0. The summed E-state index contributed by atoms with van der Waals surface area (Å²) in [5.41, 5.74) is 6.15. The standard InChI is InChI=1S/C15H22FN3O/c1-11-4-7-19(8-5-11)9-6-18-15(20)13-3-2-12(16)10-14(13)17/h2-3,10-11H,4-9,17H2,1H3,(H,18,20). The number of rotatable bonds is 4. The Balaban J connectivity index is 1.77. The summed E-state index contributed by atoms with van der Waals surface area (Å²) in [4.78, 5) is 14.3. The molecule has 0 bridgehead atoms. The van der Waals surface area contributed by atoms with Crippen molar-refractivity contribution in [1.29, 1.82) is 0 Å². The summed E-state index contributed by atoms with van der Waals surface area (Å²) in [5, 5.41) is 2.83. The van der Waals surface area contributed by atoms with Crippen molar-refractivity contribution in [3.05, 3.63) is 29.6 Å². The maximum atomic E-state index is 12.9. The number of hydrogen-bond acceptors (Lipinski definition) is 3. The summed E-state index contributed by atoms with van der Waals surface area (Å²) in [6, 6.07) is 3.83. The maximum absolute atomic E-state index is 12.9. The number of amides is 1. The average molecular weight is 279 g/mol. The molecule has 0 unspecified atom stereocenters. The lowest BCUT2D eigenvalue weighted by molar-refractivity contribution is 0.0945. The van der Waals surface area contributed by atoms with Crippen molar-refractivity contribution in [2.45, 2.75) is 19.8 Å². The van der Waals surface area contributed by atoms with E-state index in [1.807, 2.05) is 0 Å². The molecule has 1 aromatic rings. The molecule has 5 heteroatoms. The number of benzene rings is 1. The van der Waals surface area contributed by atoms with Crippen LogP contribution in [0.15, 0.2) is 18.2 Å². The summed E-state index contributed by atoms with van der Waals surface area (Å²) >= 11 is 0. The monoisotopic (exact) mass is 279 g/mol. The Labute approximate surface area is 119 Å². The van der Waals surface area contributed by atoms with Crippen LogP contribution in [0.2, 0.25) is 0 Å². The fraction of sp³-hybridized carbons (Fsp3) is 0.533. The van der Waals surface area contributed by atoms with Crippen molar-refractivity contribution in [2.75, 3.05) is 31.9 Å². The van der Waals surface area contributed by atoms with Crippen molar-refractivity contribution in [2.24, 2.45) is 5.92 Å². The highest BCUT2D eigenvalue weighted by molar-refractivity contribution is 5.99. The van der Waals surface area contributed by atoms with Gasteiger partial charge in [0.25, 0.3) is 5.91 Å². The van der Waals surface area contributed by atoms with E-state index in [4.69, 9.17) is 5.73 Å². The van der Waals surface area contributed by atoms with E-state index in [2.05, 4.69) is 17.1 Å². The minimum Gasteiger partial charge on any atom is -0.398 e. The number of nitrogens with zero attached hydrogens (tertiary/aromatic N) is 1. The summed E-state index contributed by atoms with van der Waals surface area (Å²) in [5.74, 6) is 0.134. The number of hydrogen-bond donors (Lipinski definition) is 2. The minimum absolute atomic E-state index is 0.175. The number of nitrogens with one attached hydrogen (secondary N) is 1. The lowest BCUT2D eigenvalue weighted by Gasteiger charge is -2.30. The summed E-state index contributed by atoms with van der Waals surface area (Å²) in [6.45, 7) is 5.89. The molecule has 2 rings (SSSR count). The Hall–Kier alpha value is -1.62. The predicted molar refractivity (Wildman–Crippen MR) is 78.0 cm³/mol. The van der Waals surface area contributed by atoms with E-state index in [-0.39, 0.29) is 11.6 Å². The van der Waals surface area contributed by atoms with Gasteiger partial charge in [-0.15, -0.1) is 0 Å². The van der Waals surface area contributed by atoms with Crippen molar-refractivity contribution < 1.29 is 9.18 Å². The molecule has 1 heterocycles. The first-order chi connectivity index (χ1) is 9.56. The van der Waals surface area contributed by atoms with Crippen molar-refractivity contribution >= 4 is 11.6 Å². The molecule has 0 radical (unpaired) electrons. The minimum atomic E-state index is -0.429. The van der Waals surface area contributed by atoms with Crippen molar-refractivity contribution in [3.8, 4) is 0 Å². The molecule has 20 heavy (non-hydrogen) atoms.